The molecule has 2 aliphatic carbocycles. The summed E-state index contributed by atoms with van der Waals surface area (Å²) in [7, 11) is 1.86. The van der Waals surface area contributed by atoms with E-state index in [1.54, 1.807) is 36.4 Å². The van der Waals surface area contributed by atoms with Crippen LogP contribution in [0.4, 0.5) is 11.4 Å². The van der Waals surface area contributed by atoms with E-state index in [0.29, 0.717) is 23.5 Å². The number of benzene rings is 2. The van der Waals surface area contributed by atoms with E-state index in [2.05, 4.69) is 10.6 Å². The Labute approximate surface area is 236 Å². The van der Waals surface area contributed by atoms with Gasteiger partial charge in [0.25, 0.3) is 5.91 Å². The molecule has 8 heteroatoms. The molecule has 0 spiro atoms. The summed E-state index contributed by atoms with van der Waals surface area (Å²) < 4.78 is 0. The lowest BCUT2D eigenvalue weighted by molar-refractivity contribution is -0.141. The summed E-state index contributed by atoms with van der Waals surface area (Å²) in [6.07, 6.45) is 9.28. The minimum atomic E-state index is -0.205. The zero-order valence-electron chi connectivity index (χ0n) is 23.4. The van der Waals surface area contributed by atoms with Crippen molar-refractivity contribution in [3.63, 3.8) is 0 Å². The minimum Gasteiger partial charge on any atom is -0.342 e. The SMILES string of the molecule is CN(C(=O)c1cccc(NC(=O)Cc2ccc(NC(=O)C3CCCN(C(=O)C4CCC4)C3)cc2)c1)C1CCCC1. The van der Waals surface area contributed by atoms with Crippen molar-refractivity contribution in [1.82, 2.24) is 9.80 Å². The Kier molecular flexibility index (Phi) is 8.82. The number of carbonyl (C=O) groups excluding carboxylic acids is 4. The maximum absolute atomic E-state index is 12.9. The van der Waals surface area contributed by atoms with Gasteiger partial charge in [0, 0.05) is 49.0 Å². The van der Waals surface area contributed by atoms with Gasteiger partial charge in [0.1, 0.15) is 0 Å². The maximum atomic E-state index is 12.9. The first-order valence-corrected chi connectivity index (χ1v) is 14.7. The molecular weight excluding hydrogens is 504 g/mol. The summed E-state index contributed by atoms with van der Waals surface area (Å²) in [5, 5.41) is 5.88. The van der Waals surface area contributed by atoms with Crippen LogP contribution >= 0.6 is 0 Å². The lowest BCUT2D eigenvalue weighted by Gasteiger charge is -2.36. The van der Waals surface area contributed by atoms with Crippen LogP contribution in [0.25, 0.3) is 0 Å². The van der Waals surface area contributed by atoms with Gasteiger partial charge < -0.3 is 20.4 Å². The largest absolute Gasteiger partial charge is 0.342 e. The normalized spacial score (nSPS) is 19.5. The highest BCUT2D eigenvalue weighted by Gasteiger charge is 2.34. The topological polar surface area (TPSA) is 98.8 Å². The summed E-state index contributed by atoms with van der Waals surface area (Å²) in [6.45, 7) is 1.23. The molecule has 0 aromatic heterocycles. The number of hydrogen-bond acceptors (Lipinski definition) is 4. The average molecular weight is 545 g/mol. The predicted octanol–water partition coefficient (Wildman–Crippen LogP) is 4.86. The highest BCUT2D eigenvalue weighted by molar-refractivity contribution is 5.98. The van der Waals surface area contributed by atoms with Gasteiger partial charge in [-0.1, -0.05) is 37.5 Å². The fourth-order valence-electron chi connectivity index (χ4n) is 6.04. The van der Waals surface area contributed by atoms with E-state index in [4.69, 9.17) is 0 Å². The Balaban J connectivity index is 1.11. The van der Waals surface area contributed by atoms with E-state index < -0.39 is 0 Å². The number of hydrogen-bond donors (Lipinski definition) is 2. The van der Waals surface area contributed by atoms with Gasteiger partial charge in [-0.05, 0) is 74.4 Å². The quantitative estimate of drug-likeness (QED) is 0.496. The van der Waals surface area contributed by atoms with Gasteiger partial charge in [-0.25, -0.2) is 0 Å². The molecule has 2 N–H and O–H groups in total. The molecule has 3 fully saturated rings. The van der Waals surface area contributed by atoms with Crippen LogP contribution in [0.15, 0.2) is 48.5 Å². The predicted molar refractivity (Wildman–Crippen MR) is 155 cm³/mol. The molecule has 5 rings (SSSR count). The van der Waals surface area contributed by atoms with Gasteiger partial charge in [-0.2, -0.15) is 0 Å². The molecule has 1 aliphatic heterocycles. The molecule has 0 bridgehead atoms. The van der Waals surface area contributed by atoms with Crippen molar-refractivity contribution >= 4 is 35.0 Å². The molecule has 1 heterocycles. The number of amides is 4. The fraction of sp³-hybridized carbons (Fsp3) is 0.500. The van der Waals surface area contributed by atoms with Crippen LogP contribution < -0.4 is 10.6 Å². The minimum absolute atomic E-state index is 0.0217. The Morgan fingerprint density at radius 3 is 2.25 bits per heavy atom. The highest BCUT2D eigenvalue weighted by Crippen LogP contribution is 2.30. The van der Waals surface area contributed by atoms with E-state index in [0.717, 1.165) is 69.9 Å². The standard InChI is InChI=1S/C32H40N4O4/c1-35(28-12-2-3-13-28)31(39)24-9-5-11-27(20-24)33-29(37)19-22-14-16-26(17-15-22)34-30(38)25-10-6-18-36(21-25)32(40)23-7-4-8-23/h5,9,11,14-17,20,23,25,28H,2-4,6-8,10,12-13,18-19,21H2,1H3,(H,33,37)(H,34,38). The van der Waals surface area contributed by atoms with Gasteiger partial charge in [0.2, 0.25) is 17.7 Å². The Bertz CT molecular complexity index is 1230. The van der Waals surface area contributed by atoms with Gasteiger partial charge in [-0.15, -0.1) is 0 Å². The second-order valence-corrected chi connectivity index (χ2v) is 11.6. The molecule has 2 saturated carbocycles. The van der Waals surface area contributed by atoms with Crippen LogP contribution in [0, 0.1) is 11.8 Å². The zero-order valence-corrected chi connectivity index (χ0v) is 23.4. The molecule has 0 radical (unpaired) electrons. The Morgan fingerprint density at radius 2 is 1.55 bits per heavy atom. The van der Waals surface area contributed by atoms with E-state index >= 15 is 0 Å². The summed E-state index contributed by atoms with van der Waals surface area (Å²) in [5.74, 6) is -0.105. The molecule has 1 atom stereocenters. The molecule has 212 valence electrons. The highest BCUT2D eigenvalue weighted by atomic mass is 16.2. The molecule has 3 aliphatic rings. The monoisotopic (exact) mass is 544 g/mol. The van der Waals surface area contributed by atoms with E-state index in [-0.39, 0.29) is 47.9 Å². The average Bonchev–Trinajstić information content (AvgIpc) is 3.48. The van der Waals surface area contributed by atoms with Gasteiger partial charge >= 0.3 is 0 Å². The van der Waals surface area contributed by atoms with Gasteiger partial charge in [0.15, 0.2) is 0 Å². The van der Waals surface area contributed by atoms with Crippen molar-refractivity contribution in [2.45, 2.75) is 70.3 Å². The number of nitrogens with zero attached hydrogens (tertiary/aromatic N) is 2. The van der Waals surface area contributed by atoms with Crippen molar-refractivity contribution in [2.24, 2.45) is 11.8 Å². The van der Waals surface area contributed by atoms with Gasteiger partial charge in [-0.3, -0.25) is 19.2 Å². The summed E-state index contributed by atoms with van der Waals surface area (Å²) in [6, 6.07) is 14.7. The number of carbonyl (C=O) groups is 4. The molecule has 4 amide bonds. The van der Waals surface area contributed by atoms with Crippen molar-refractivity contribution < 1.29 is 19.2 Å². The maximum Gasteiger partial charge on any atom is 0.253 e. The second kappa shape index (κ2) is 12.7. The van der Waals surface area contributed by atoms with Crippen LogP contribution in [0.2, 0.25) is 0 Å². The molecule has 40 heavy (non-hydrogen) atoms. The molecular formula is C32H40N4O4. The summed E-state index contributed by atoms with van der Waals surface area (Å²) in [5.41, 5.74) is 2.66. The third-order valence-corrected chi connectivity index (χ3v) is 8.73. The Hall–Kier alpha value is -3.68. The Morgan fingerprint density at radius 1 is 0.825 bits per heavy atom. The first-order chi connectivity index (χ1) is 19.4. The third kappa shape index (κ3) is 6.72. The molecule has 1 saturated heterocycles. The molecule has 1 unspecified atom stereocenters. The number of likely N-dealkylation sites (tertiary alicyclic amines) is 1. The van der Waals surface area contributed by atoms with Crippen molar-refractivity contribution in [2.75, 3.05) is 30.8 Å². The molecule has 8 nitrogen and oxygen atoms in total. The molecule has 2 aromatic rings. The summed E-state index contributed by atoms with van der Waals surface area (Å²) >= 11 is 0. The van der Waals surface area contributed by atoms with Crippen LogP contribution in [-0.4, -0.2) is 59.6 Å². The molecule has 2 aromatic carbocycles. The van der Waals surface area contributed by atoms with Crippen LogP contribution in [0.1, 0.15) is 73.7 Å². The zero-order chi connectivity index (χ0) is 28.1. The third-order valence-electron chi connectivity index (χ3n) is 8.73. The first kappa shape index (κ1) is 27.9. The van der Waals surface area contributed by atoms with Crippen molar-refractivity contribution in [3.05, 3.63) is 59.7 Å². The van der Waals surface area contributed by atoms with E-state index in [1.807, 2.05) is 29.0 Å². The number of rotatable bonds is 8. The lowest BCUT2D eigenvalue weighted by Crippen LogP contribution is -2.47. The van der Waals surface area contributed by atoms with Crippen LogP contribution in [-0.2, 0) is 20.8 Å². The number of anilines is 2. The number of piperidine rings is 1. The van der Waals surface area contributed by atoms with Gasteiger partial charge in [0.05, 0.1) is 12.3 Å². The fourth-order valence-corrected chi connectivity index (χ4v) is 6.04. The summed E-state index contributed by atoms with van der Waals surface area (Å²) in [4.78, 5) is 54.9. The lowest BCUT2D eigenvalue weighted by atomic mass is 9.83. The van der Waals surface area contributed by atoms with Crippen LogP contribution in [0.3, 0.4) is 0 Å². The smallest absolute Gasteiger partial charge is 0.253 e. The first-order valence-electron chi connectivity index (χ1n) is 14.7. The second-order valence-electron chi connectivity index (χ2n) is 11.6. The van der Waals surface area contributed by atoms with E-state index in [1.165, 1.54) is 0 Å². The van der Waals surface area contributed by atoms with E-state index in [9.17, 15) is 19.2 Å². The van der Waals surface area contributed by atoms with Crippen molar-refractivity contribution in [3.8, 4) is 0 Å². The number of nitrogens with one attached hydrogen (secondary N) is 2. The van der Waals surface area contributed by atoms with Crippen molar-refractivity contribution in [1.29, 1.82) is 0 Å². The van der Waals surface area contributed by atoms with Crippen LogP contribution in [0.5, 0.6) is 0 Å².